The van der Waals surface area contributed by atoms with Crippen LogP contribution in [0.25, 0.3) is 0 Å². The molecule has 1 atom stereocenters. The van der Waals surface area contributed by atoms with Gasteiger partial charge < -0.3 is 5.11 Å². The molecule has 0 aromatic heterocycles. The summed E-state index contributed by atoms with van der Waals surface area (Å²) in [5.74, 6) is -1.76. The van der Waals surface area contributed by atoms with Gasteiger partial charge >= 0.3 is 0 Å². The molecule has 0 aliphatic carbocycles. The fourth-order valence-corrected chi connectivity index (χ4v) is 2.40. The summed E-state index contributed by atoms with van der Waals surface area (Å²) in [7, 11) is 0. The van der Waals surface area contributed by atoms with Gasteiger partial charge in [0.15, 0.2) is 0 Å². The normalized spacial score (nSPS) is 12.5. The number of benzene rings is 2. The molecule has 5 heteroatoms. The summed E-state index contributed by atoms with van der Waals surface area (Å²) >= 11 is 0.804. The van der Waals surface area contributed by atoms with Gasteiger partial charge in [-0.2, -0.15) is 0 Å². The molecule has 0 bridgehead atoms. The molecule has 0 aliphatic rings. The highest BCUT2D eigenvalue weighted by Gasteiger charge is 2.11. The van der Waals surface area contributed by atoms with Gasteiger partial charge in [0, 0.05) is 4.90 Å². The molecule has 0 radical (unpaired) electrons. The number of aliphatic hydroxyl groups is 1. The fraction of sp³-hybridized carbons (Fsp3) is 0.143. The van der Waals surface area contributed by atoms with Crippen molar-refractivity contribution in [1.29, 1.82) is 0 Å². The Morgan fingerprint density at radius 1 is 0.947 bits per heavy atom. The third-order valence-electron chi connectivity index (χ3n) is 2.55. The van der Waals surface area contributed by atoms with Crippen LogP contribution < -0.4 is 0 Å². The molecule has 19 heavy (non-hydrogen) atoms. The van der Waals surface area contributed by atoms with Crippen molar-refractivity contribution in [2.75, 3.05) is 0 Å². The average molecular weight is 284 g/mol. The van der Waals surface area contributed by atoms with Gasteiger partial charge in [0.1, 0.15) is 17.5 Å². The summed E-state index contributed by atoms with van der Waals surface area (Å²) in [4.78, 5) is 0.192. The van der Waals surface area contributed by atoms with Crippen LogP contribution in [0, 0.1) is 17.5 Å². The van der Waals surface area contributed by atoms with E-state index >= 15 is 0 Å². The molecule has 0 saturated heterocycles. The van der Waals surface area contributed by atoms with E-state index in [1.54, 1.807) is 6.07 Å². The Balaban J connectivity index is 2.31. The molecule has 1 nitrogen and oxygen atoms in total. The maximum absolute atomic E-state index is 13.8. The summed E-state index contributed by atoms with van der Waals surface area (Å²) in [6, 6.07) is 7.19. The molecule has 1 N–H and O–H groups in total. The highest BCUT2D eigenvalue weighted by molar-refractivity contribution is 7.99. The van der Waals surface area contributed by atoms with Crippen LogP contribution in [0.1, 0.15) is 18.6 Å². The van der Waals surface area contributed by atoms with Crippen molar-refractivity contribution in [2.45, 2.75) is 22.8 Å². The number of rotatable bonds is 3. The molecule has 2 aromatic rings. The van der Waals surface area contributed by atoms with E-state index in [4.69, 9.17) is 0 Å². The van der Waals surface area contributed by atoms with Gasteiger partial charge in [-0.15, -0.1) is 0 Å². The van der Waals surface area contributed by atoms with E-state index in [2.05, 4.69) is 0 Å². The van der Waals surface area contributed by atoms with Crippen LogP contribution in [0.5, 0.6) is 0 Å². The zero-order valence-corrected chi connectivity index (χ0v) is 10.8. The van der Waals surface area contributed by atoms with E-state index in [0.717, 1.165) is 30.0 Å². The predicted octanol–water partition coefficient (Wildman–Crippen LogP) is 4.31. The van der Waals surface area contributed by atoms with E-state index in [9.17, 15) is 18.3 Å². The molecule has 0 amide bonds. The lowest BCUT2D eigenvalue weighted by Gasteiger charge is -2.08. The lowest BCUT2D eigenvalue weighted by atomic mass is 10.1. The maximum atomic E-state index is 13.8. The van der Waals surface area contributed by atoms with E-state index in [1.807, 2.05) is 0 Å². The molecule has 2 aromatic carbocycles. The van der Waals surface area contributed by atoms with Crippen LogP contribution in [-0.4, -0.2) is 5.11 Å². The average Bonchev–Trinajstić information content (AvgIpc) is 2.36. The van der Waals surface area contributed by atoms with E-state index < -0.39 is 23.6 Å². The van der Waals surface area contributed by atoms with Gasteiger partial charge in [-0.3, -0.25) is 0 Å². The van der Waals surface area contributed by atoms with Crippen LogP contribution >= 0.6 is 11.8 Å². The minimum atomic E-state index is -0.778. The third-order valence-corrected chi connectivity index (χ3v) is 3.64. The topological polar surface area (TPSA) is 20.2 Å². The number of aliphatic hydroxyl groups excluding tert-OH is 1. The molecule has 100 valence electrons. The lowest BCUT2D eigenvalue weighted by molar-refractivity contribution is 0.198. The van der Waals surface area contributed by atoms with Crippen LogP contribution in [0.3, 0.4) is 0 Å². The Kier molecular flexibility index (Phi) is 4.17. The van der Waals surface area contributed by atoms with Crippen LogP contribution in [0.2, 0.25) is 0 Å². The van der Waals surface area contributed by atoms with Crippen molar-refractivity contribution >= 4 is 11.8 Å². The SMILES string of the molecule is C[C@H](O)c1ccc(Sc2cc(F)ccc2F)c(F)c1. The summed E-state index contributed by atoms with van der Waals surface area (Å²) in [6.07, 6.45) is -0.778. The first-order chi connectivity index (χ1) is 8.97. The summed E-state index contributed by atoms with van der Waals surface area (Å²) in [6.45, 7) is 1.52. The van der Waals surface area contributed by atoms with Crippen molar-refractivity contribution in [3.05, 3.63) is 59.4 Å². The molecule has 0 spiro atoms. The van der Waals surface area contributed by atoms with E-state index in [0.29, 0.717) is 5.56 Å². The minimum absolute atomic E-state index is 0.0173. The Hall–Kier alpha value is -1.46. The van der Waals surface area contributed by atoms with Crippen molar-refractivity contribution < 1.29 is 18.3 Å². The van der Waals surface area contributed by atoms with Crippen LogP contribution in [0.4, 0.5) is 13.2 Å². The molecular formula is C14H11F3OS. The van der Waals surface area contributed by atoms with Gasteiger partial charge in [-0.1, -0.05) is 17.8 Å². The van der Waals surface area contributed by atoms with Gasteiger partial charge in [-0.05, 0) is 42.8 Å². The minimum Gasteiger partial charge on any atom is -0.389 e. The molecule has 0 unspecified atom stereocenters. The second-order valence-corrected chi connectivity index (χ2v) is 5.13. The Morgan fingerprint density at radius 3 is 2.32 bits per heavy atom. The number of hydrogen-bond acceptors (Lipinski definition) is 2. The van der Waals surface area contributed by atoms with Crippen molar-refractivity contribution in [3.8, 4) is 0 Å². The standard InChI is InChI=1S/C14H11F3OS/c1-8(18)9-2-5-13(12(17)6-9)19-14-7-10(15)3-4-11(14)16/h2-8,18H,1H3/t8-/m0/s1. The van der Waals surface area contributed by atoms with Gasteiger partial charge in [-0.25, -0.2) is 13.2 Å². The first-order valence-corrected chi connectivity index (χ1v) is 6.39. The maximum Gasteiger partial charge on any atom is 0.137 e. The number of hydrogen-bond donors (Lipinski definition) is 1. The highest BCUT2D eigenvalue weighted by atomic mass is 32.2. The Labute approximate surface area is 113 Å². The van der Waals surface area contributed by atoms with E-state index in [1.165, 1.54) is 19.1 Å². The monoisotopic (exact) mass is 284 g/mol. The lowest BCUT2D eigenvalue weighted by Crippen LogP contribution is -1.93. The summed E-state index contributed by atoms with van der Waals surface area (Å²) < 4.78 is 40.2. The van der Waals surface area contributed by atoms with E-state index in [-0.39, 0.29) is 9.79 Å². The Bertz CT molecular complexity index is 599. The second-order valence-electron chi connectivity index (χ2n) is 4.04. The molecule has 0 aliphatic heterocycles. The van der Waals surface area contributed by atoms with Gasteiger partial charge in [0.2, 0.25) is 0 Å². The zero-order valence-electron chi connectivity index (χ0n) is 10.0. The Morgan fingerprint density at radius 2 is 1.68 bits per heavy atom. The fourth-order valence-electron chi connectivity index (χ4n) is 1.53. The van der Waals surface area contributed by atoms with Crippen molar-refractivity contribution in [2.24, 2.45) is 0 Å². The smallest absolute Gasteiger partial charge is 0.137 e. The van der Waals surface area contributed by atoms with Crippen molar-refractivity contribution in [1.82, 2.24) is 0 Å². The summed E-state index contributed by atoms with van der Waals surface area (Å²) in [5, 5.41) is 9.33. The van der Waals surface area contributed by atoms with Crippen molar-refractivity contribution in [3.63, 3.8) is 0 Å². The number of halogens is 3. The molecule has 0 saturated carbocycles. The van der Waals surface area contributed by atoms with Crippen LogP contribution in [-0.2, 0) is 0 Å². The highest BCUT2D eigenvalue weighted by Crippen LogP contribution is 2.33. The van der Waals surface area contributed by atoms with Crippen LogP contribution in [0.15, 0.2) is 46.2 Å². The predicted molar refractivity (Wildman–Crippen MR) is 67.5 cm³/mol. The van der Waals surface area contributed by atoms with Gasteiger partial charge in [0.05, 0.1) is 11.0 Å². The first-order valence-electron chi connectivity index (χ1n) is 5.58. The first kappa shape index (κ1) is 14.0. The summed E-state index contributed by atoms with van der Waals surface area (Å²) in [5.41, 5.74) is 0.432. The molecular weight excluding hydrogens is 273 g/mol. The zero-order chi connectivity index (χ0) is 14.0. The molecule has 0 heterocycles. The molecule has 0 fully saturated rings. The molecule has 2 rings (SSSR count). The third kappa shape index (κ3) is 3.30. The second kappa shape index (κ2) is 5.67. The quantitative estimate of drug-likeness (QED) is 0.906. The largest absolute Gasteiger partial charge is 0.389 e. The van der Waals surface area contributed by atoms with Gasteiger partial charge in [0.25, 0.3) is 0 Å².